The molecule has 0 amide bonds. The monoisotopic (exact) mass is 406 g/mol. The second kappa shape index (κ2) is 10.3. The highest BCUT2D eigenvalue weighted by Crippen LogP contribution is 2.23. The molecule has 28 heavy (non-hydrogen) atoms. The Kier molecular flexibility index (Phi) is 7.52. The summed E-state index contributed by atoms with van der Waals surface area (Å²) in [7, 11) is 0. The molecule has 0 radical (unpaired) electrons. The lowest BCUT2D eigenvalue weighted by atomic mass is 10.0. The Morgan fingerprint density at radius 2 is 1.61 bits per heavy atom. The van der Waals surface area contributed by atoms with Gasteiger partial charge in [0.1, 0.15) is 0 Å². The van der Waals surface area contributed by atoms with Crippen molar-refractivity contribution in [2.45, 2.75) is 37.0 Å². The fraction of sp³-hybridized carbons (Fsp3) is 0.208. The molecule has 0 heterocycles. The van der Waals surface area contributed by atoms with Gasteiger partial charge >= 0.3 is 0 Å². The Bertz CT molecular complexity index is 875. The molecule has 2 N–H and O–H groups in total. The van der Waals surface area contributed by atoms with Crippen LogP contribution in [0.5, 0.6) is 0 Å². The summed E-state index contributed by atoms with van der Waals surface area (Å²) in [5.74, 6) is 0.957. The van der Waals surface area contributed by atoms with Crippen LogP contribution in [0.1, 0.15) is 36.1 Å². The van der Waals surface area contributed by atoms with Crippen LogP contribution in [0.25, 0.3) is 0 Å². The van der Waals surface area contributed by atoms with Crippen molar-refractivity contribution in [3.05, 3.63) is 95.6 Å². The second-order valence-corrected chi connectivity index (χ2v) is 8.23. The van der Waals surface area contributed by atoms with Gasteiger partial charge < -0.3 is 10.6 Å². The molecule has 2 nitrogen and oxygen atoms in total. The van der Waals surface area contributed by atoms with Gasteiger partial charge in [-0.2, -0.15) is 0 Å². The fourth-order valence-corrected chi connectivity index (χ4v) is 4.05. The molecular formula is C24H26N2S2. The minimum Gasteiger partial charge on any atom is -0.356 e. The van der Waals surface area contributed by atoms with E-state index in [9.17, 15) is 0 Å². The number of nitrogens with one attached hydrogen (secondary N) is 2. The zero-order valence-electron chi connectivity index (χ0n) is 16.3. The van der Waals surface area contributed by atoms with E-state index in [1.807, 2.05) is 17.8 Å². The van der Waals surface area contributed by atoms with E-state index in [1.165, 1.54) is 21.6 Å². The molecule has 0 aromatic heterocycles. The average molecular weight is 407 g/mol. The summed E-state index contributed by atoms with van der Waals surface area (Å²) >= 11 is 7.37. The third-order valence-electron chi connectivity index (χ3n) is 4.55. The molecule has 4 heteroatoms. The molecule has 1 atom stereocenters. The van der Waals surface area contributed by atoms with E-state index < -0.39 is 0 Å². The number of rotatable bonds is 7. The van der Waals surface area contributed by atoms with Gasteiger partial charge in [-0.25, -0.2) is 0 Å². The lowest BCUT2D eigenvalue weighted by molar-refractivity contribution is 0.629. The lowest BCUT2D eigenvalue weighted by Crippen LogP contribution is -2.32. The van der Waals surface area contributed by atoms with E-state index in [1.54, 1.807) is 0 Å². The highest BCUT2D eigenvalue weighted by atomic mass is 32.2. The summed E-state index contributed by atoms with van der Waals surface area (Å²) in [4.78, 5) is 1.29. The normalized spacial score (nSPS) is 11.6. The summed E-state index contributed by atoms with van der Waals surface area (Å²) in [5.41, 5.74) is 4.82. The highest BCUT2D eigenvalue weighted by molar-refractivity contribution is 7.98. The molecule has 0 spiro atoms. The highest BCUT2D eigenvalue weighted by Gasteiger charge is 2.10. The van der Waals surface area contributed by atoms with E-state index in [0.29, 0.717) is 5.11 Å². The summed E-state index contributed by atoms with van der Waals surface area (Å²) in [6.07, 6.45) is 0.973. The predicted octanol–water partition coefficient (Wildman–Crippen LogP) is 6.73. The minimum absolute atomic E-state index is 0.210. The average Bonchev–Trinajstić information content (AvgIpc) is 2.73. The number of hydrogen-bond donors (Lipinski definition) is 2. The topological polar surface area (TPSA) is 24.1 Å². The van der Waals surface area contributed by atoms with Crippen molar-refractivity contribution < 1.29 is 0 Å². The number of thiocarbonyl (C=S) groups is 1. The molecule has 0 fully saturated rings. The summed E-state index contributed by atoms with van der Waals surface area (Å²) in [6.45, 7) is 4.27. The Labute approximate surface area is 177 Å². The maximum absolute atomic E-state index is 5.53. The zero-order valence-corrected chi connectivity index (χ0v) is 17.9. The van der Waals surface area contributed by atoms with E-state index in [4.69, 9.17) is 12.2 Å². The number of anilines is 1. The number of thioether (sulfide) groups is 1. The quantitative estimate of drug-likeness (QED) is 0.336. The minimum atomic E-state index is 0.210. The molecule has 3 aromatic carbocycles. The van der Waals surface area contributed by atoms with Crippen LogP contribution < -0.4 is 10.6 Å². The van der Waals surface area contributed by atoms with Gasteiger partial charge in [-0.3, -0.25) is 0 Å². The van der Waals surface area contributed by atoms with Crippen molar-refractivity contribution in [2.75, 3.05) is 5.32 Å². The smallest absolute Gasteiger partial charge is 0.171 e. The Balaban J connectivity index is 1.52. The van der Waals surface area contributed by atoms with Crippen LogP contribution >= 0.6 is 24.0 Å². The first kappa shape index (κ1) is 20.4. The number of aryl methyl sites for hydroxylation is 1. The molecule has 0 aliphatic heterocycles. The van der Waals surface area contributed by atoms with Crippen LogP contribution in [-0.2, 0) is 5.75 Å². The van der Waals surface area contributed by atoms with Gasteiger partial charge in [0.05, 0.1) is 6.04 Å². The van der Waals surface area contributed by atoms with E-state index in [2.05, 4.69) is 97.3 Å². The van der Waals surface area contributed by atoms with Gasteiger partial charge in [-0.05, 0) is 61.0 Å². The van der Waals surface area contributed by atoms with Crippen molar-refractivity contribution in [3.63, 3.8) is 0 Å². The van der Waals surface area contributed by atoms with Crippen molar-refractivity contribution in [3.8, 4) is 0 Å². The molecule has 0 saturated heterocycles. The number of hydrogen-bond acceptors (Lipinski definition) is 2. The molecule has 3 rings (SSSR count). The Morgan fingerprint density at radius 3 is 2.25 bits per heavy atom. The van der Waals surface area contributed by atoms with Crippen molar-refractivity contribution >= 4 is 34.8 Å². The molecular weight excluding hydrogens is 380 g/mol. The summed E-state index contributed by atoms with van der Waals surface area (Å²) in [6, 6.07) is 27.8. The van der Waals surface area contributed by atoms with Crippen LogP contribution in [-0.4, -0.2) is 5.11 Å². The van der Waals surface area contributed by atoms with Crippen LogP contribution in [0.2, 0.25) is 0 Å². The van der Waals surface area contributed by atoms with Gasteiger partial charge in [0, 0.05) is 16.3 Å². The maximum atomic E-state index is 5.53. The first-order valence-electron chi connectivity index (χ1n) is 9.55. The fourth-order valence-electron chi connectivity index (χ4n) is 2.91. The molecule has 0 aliphatic rings. The van der Waals surface area contributed by atoms with Gasteiger partial charge in [0.25, 0.3) is 0 Å². The van der Waals surface area contributed by atoms with Gasteiger partial charge in [0.2, 0.25) is 0 Å². The second-order valence-electron chi connectivity index (χ2n) is 6.77. The zero-order chi connectivity index (χ0) is 19.8. The van der Waals surface area contributed by atoms with Crippen molar-refractivity contribution in [1.29, 1.82) is 0 Å². The first-order chi connectivity index (χ1) is 13.6. The molecule has 3 aromatic rings. The molecule has 0 bridgehead atoms. The van der Waals surface area contributed by atoms with Crippen molar-refractivity contribution in [1.82, 2.24) is 5.32 Å². The molecule has 0 aliphatic carbocycles. The summed E-state index contributed by atoms with van der Waals surface area (Å²) in [5, 5.41) is 7.38. The Hall–Kier alpha value is -2.30. The SMILES string of the molecule is CC[C@H](NC(=S)Nc1ccc(CSc2ccccc2)cc1)c1ccc(C)cc1. The van der Waals surface area contributed by atoms with E-state index >= 15 is 0 Å². The predicted molar refractivity (Wildman–Crippen MR) is 126 cm³/mol. The lowest BCUT2D eigenvalue weighted by Gasteiger charge is -2.20. The van der Waals surface area contributed by atoms with Gasteiger partial charge in [-0.15, -0.1) is 11.8 Å². The Morgan fingerprint density at radius 1 is 0.929 bits per heavy atom. The summed E-state index contributed by atoms with van der Waals surface area (Å²) < 4.78 is 0. The van der Waals surface area contributed by atoms with Crippen LogP contribution in [0.4, 0.5) is 5.69 Å². The van der Waals surface area contributed by atoms with Crippen LogP contribution in [0.15, 0.2) is 83.8 Å². The maximum Gasteiger partial charge on any atom is 0.171 e. The van der Waals surface area contributed by atoms with Crippen molar-refractivity contribution in [2.24, 2.45) is 0 Å². The van der Waals surface area contributed by atoms with Gasteiger partial charge in [0.15, 0.2) is 5.11 Å². The first-order valence-corrected chi connectivity index (χ1v) is 10.9. The van der Waals surface area contributed by atoms with E-state index in [-0.39, 0.29) is 6.04 Å². The van der Waals surface area contributed by atoms with Crippen LogP contribution in [0, 0.1) is 6.92 Å². The third-order valence-corrected chi connectivity index (χ3v) is 5.86. The largest absolute Gasteiger partial charge is 0.356 e. The molecule has 0 unspecified atom stereocenters. The molecule has 0 saturated carbocycles. The number of benzene rings is 3. The van der Waals surface area contributed by atoms with Crippen LogP contribution in [0.3, 0.4) is 0 Å². The standard InChI is InChI=1S/C24H26N2S2/c1-3-23(20-13-9-18(2)10-14-20)26-24(27)25-21-15-11-19(12-16-21)17-28-22-7-5-4-6-8-22/h4-16,23H,3,17H2,1-2H3,(H2,25,26,27)/t23-/m0/s1. The molecule has 144 valence electrons. The van der Waals surface area contributed by atoms with E-state index in [0.717, 1.165) is 17.9 Å². The third kappa shape index (κ3) is 6.11. The van der Waals surface area contributed by atoms with Gasteiger partial charge in [-0.1, -0.05) is 67.1 Å².